The van der Waals surface area contributed by atoms with Crippen LogP contribution in [0.25, 0.3) is 0 Å². The van der Waals surface area contributed by atoms with Crippen LogP contribution in [0.15, 0.2) is 49.7 Å². The maximum Gasteiger partial charge on any atom is 0.161 e. The molecule has 124 valence electrons. The summed E-state index contributed by atoms with van der Waals surface area (Å²) in [7, 11) is 0. The van der Waals surface area contributed by atoms with E-state index in [2.05, 4.69) is 38.0 Å². The number of Topliss-reactive ketones (excluding diaryl/α,β-unsaturated/α-hetero) is 1. The third kappa shape index (κ3) is 4.46. The topological polar surface area (TPSA) is 20.3 Å². The van der Waals surface area contributed by atoms with Crippen LogP contribution in [0.5, 0.6) is 0 Å². The Hall–Kier alpha value is -1.57. The van der Waals surface area contributed by atoms with Crippen molar-refractivity contribution in [1.82, 2.24) is 4.90 Å². The van der Waals surface area contributed by atoms with Gasteiger partial charge in [0.15, 0.2) is 5.78 Å². The van der Waals surface area contributed by atoms with E-state index in [0.29, 0.717) is 12.8 Å². The van der Waals surface area contributed by atoms with Crippen molar-refractivity contribution < 1.29 is 4.79 Å². The van der Waals surface area contributed by atoms with E-state index in [-0.39, 0.29) is 17.7 Å². The van der Waals surface area contributed by atoms with Crippen LogP contribution in [0.1, 0.15) is 53.9 Å². The van der Waals surface area contributed by atoms with E-state index in [1.165, 1.54) is 0 Å². The van der Waals surface area contributed by atoms with E-state index in [0.717, 1.165) is 6.42 Å². The summed E-state index contributed by atoms with van der Waals surface area (Å²) in [5.74, 6) is 0.327. The van der Waals surface area contributed by atoms with Crippen molar-refractivity contribution in [2.24, 2.45) is 5.92 Å². The number of hydrogen-bond acceptors (Lipinski definition) is 2. The van der Waals surface area contributed by atoms with Gasteiger partial charge in [-0.25, -0.2) is 0 Å². The van der Waals surface area contributed by atoms with Gasteiger partial charge in [0, 0.05) is 18.2 Å². The fraction of sp³-hybridized carbons (Fsp3) is 0.550. The van der Waals surface area contributed by atoms with E-state index < -0.39 is 5.54 Å². The van der Waals surface area contributed by atoms with Gasteiger partial charge in [-0.2, -0.15) is 0 Å². The summed E-state index contributed by atoms with van der Waals surface area (Å²) in [6.07, 6.45) is 14.0. The molecule has 1 aliphatic heterocycles. The predicted molar refractivity (Wildman–Crippen MR) is 97.8 cm³/mol. The van der Waals surface area contributed by atoms with Gasteiger partial charge in [-0.3, -0.25) is 4.79 Å². The first-order valence-electron chi connectivity index (χ1n) is 8.43. The molecule has 1 heterocycles. The lowest BCUT2D eigenvalue weighted by atomic mass is 9.77. The summed E-state index contributed by atoms with van der Waals surface area (Å²) in [5, 5.41) is 0. The number of hydrogen-bond donors (Lipinski definition) is 0. The molecule has 1 aliphatic rings. The molecule has 0 fully saturated rings. The summed E-state index contributed by atoms with van der Waals surface area (Å²) >= 11 is 0. The second-order valence-electron chi connectivity index (χ2n) is 5.57. The van der Waals surface area contributed by atoms with Crippen LogP contribution in [0.3, 0.4) is 0 Å². The summed E-state index contributed by atoms with van der Waals surface area (Å²) in [4.78, 5) is 15.2. The van der Waals surface area contributed by atoms with Crippen LogP contribution >= 0.6 is 0 Å². The molecule has 0 saturated carbocycles. The first-order valence-corrected chi connectivity index (χ1v) is 8.43. The number of allylic oxidation sites excluding steroid dienone is 2. The summed E-state index contributed by atoms with van der Waals surface area (Å²) in [6, 6.07) is 0.202. The van der Waals surface area contributed by atoms with Gasteiger partial charge in [0.25, 0.3) is 0 Å². The molecule has 2 heteroatoms. The molecule has 2 atom stereocenters. The molecule has 0 N–H and O–H groups in total. The molecule has 22 heavy (non-hydrogen) atoms. The van der Waals surface area contributed by atoms with Crippen molar-refractivity contribution in [1.29, 1.82) is 0 Å². The SMILES string of the molecule is C=CCC(CC=C)(C(=O)C(C)CC)N1C=CC=CC1C.CC. The third-order valence-electron chi connectivity index (χ3n) is 4.16. The van der Waals surface area contributed by atoms with Crippen LogP contribution in [-0.2, 0) is 4.79 Å². The standard InChI is InChI=1S/C18H27NO.C2H6/c1-6-12-18(13-7-2,17(20)15(4)8-3)19-14-10-9-11-16(19)5;1-2/h6-7,9-11,14-16H,1-2,8,12-13H2,3-5H3;1-2H3. The predicted octanol–water partition coefficient (Wildman–Crippen LogP) is 5.29. The van der Waals surface area contributed by atoms with Gasteiger partial charge in [-0.15, -0.1) is 13.2 Å². The molecule has 0 aromatic rings. The minimum Gasteiger partial charge on any atom is -0.358 e. The second-order valence-corrected chi connectivity index (χ2v) is 5.57. The molecule has 0 bridgehead atoms. The molecule has 0 saturated heterocycles. The Kier molecular flexibility index (Phi) is 9.48. The van der Waals surface area contributed by atoms with Crippen molar-refractivity contribution in [3.8, 4) is 0 Å². The van der Waals surface area contributed by atoms with Crippen LogP contribution in [0.2, 0.25) is 0 Å². The molecule has 0 aliphatic carbocycles. The number of carbonyl (C=O) groups excluding carboxylic acids is 1. The Morgan fingerprint density at radius 1 is 1.27 bits per heavy atom. The van der Waals surface area contributed by atoms with Crippen molar-refractivity contribution in [2.75, 3.05) is 0 Å². The highest BCUT2D eigenvalue weighted by atomic mass is 16.1. The summed E-state index contributed by atoms with van der Waals surface area (Å²) < 4.78 is 0. The highest BCUT2D eigenvalue weighted by molar-refractivity contribution is 5.91. The fourth-order valence-electron chi connectivity index (χ4n) is 2.87. The maximum atomic E-state index is 13.0. The van der Waals surface area contributed by atoms with Crippen molar-refractivity contribution in [3.63, 3.8) is 0 Å². The second kappa shape index (κ2) is 10.2. The molecule has 0 radical (unpaired) electrons. The first kappa shape index (κ1) is 20.4. The molecular formula is C20H33NO. The van der Waals surface area contributed by atoms with E-state index in [4.69, 9.17) is 0 Å². The molecule has 0 spiro atoms. The number of rotatable bonds is 8. The van der Waals surface area contributed by atoms with Gasteiger partial charge in [0.2, 0.25) is 0 Å². The quantitative estimate of drug-likeness (QED) is 0.568. The van der Waals surface area contributed by atoms with Crippen LogP contribution in [-0.4, -0.2) is 22.3 Å². The van der Waals surface area contributed by atoms with Gasteiger partial charge in [-0.1, -0.05) is 52.0 Å². The molecule has 0 aromatic heterocycles. The lowest BCUT2D eigenvalue weighted by Crippen LogP contribution is -2.56. The van der Waals surface area contributed by atoms with Crippen LogP contribution < -0.4 is 0 Å². The molecular weight excluding hydrogens is 270 g/mol. The lowest BCUT2D eigenvalue weighted by Gasteiger charge is -2.46. The Morgan fingerprint density at radius 3 is 2.23 bits per heavy atom. The third-order valence-corrected chi connectivity index (χ3v) is 4.16. The normalized spacial score (nSPS) is 18.2. The molecule has 0 aromatic carbocycles. The van der Waals surface area contributed by atoms with E-state index >= 15 is 0 Å². The number of ketones is 1. The maximum absolute atomic E-state index is 13.0. The minimum atomic E-state index is -0.556. The number of carbonyl (C=O) groups is 1. The molecule has 0 amide bonds. The van der Waals surface area contributed by atoms with E-state index in [9.17, 15) is 4.79 Å². The van der Waals surface area contributed by atoms with Gasteiger partial charge < -0.3 is 4.90 Å². The van der Waals surface area contributed by atoms with Crippen molar-refractivity contribution >= 4 is 5.78 Å². The van der Waals surface area contributed by atoms with E-state index in [1.54, 1.807) is 0 Å². The smallest absolute Gasteiger partial charge is 0.161 e. The van der Waals surface area contributed by atoms with Crippen LogP contribution in [0, 0.1) is 5.92 Å². The highest BCUT2D eigenvalue weighted by Crippen LogP contribution is 2.34. The van der Waals surface area contributed by atoms with Gasteiger partial charge in [-0.05, 0) is 32.3 Å². The zero-order chi connectivity index (χ0) is 17.2. The zero-order valence-corrected chi connectivity index (χ0v) is 15.0. The largest absolute Gasteiger partial charge is 0.358 e. The zero-order valence-electron chi connectivity index (χ0n) is 15.0. The fourth-order valence-corrected chi connectivity index (χ4v) is 2.87. The van der Waals surface area contributed by atoms with Crippen molar-refractivity contribution in [3.05, 3.63) is 49.7 Å². The number of nitrogens with zero attached hydrogens (tertiary/aromatic N) is 1. The van der Waals surface area contributed by atoms with Gasteiger partial charge in [0.1, 0.15) is 5.54 Å². The van der Waals surface area contributed by atoms with Crippen LogP contribution in [0.4, 0.5) is 0 Å². The van der Waals surface area contributed by atoms with Crippen molar-refractivity contribution in [2.45, 2.75) is 65.5 Å². The Balaban J connectivity index is 0.00000211. The molecule has 1 rings (SSSR count). The van der Waals surface area contributed by atoms with E-state index in [1.807, 2.05) is 51.3 Å². The monoisotopic (exact) mass is 303 g/mol. The Labute approximate surface area is 137 Å². The minimum absolute atomic E-state index is 0.0430. The summed E-state index contributed by atoms with van der Waals surface area (Å²) in [6.45, 7) is 17.9. The Morgan fingerprint density at radius 2 is 1.82 bits per heavy atom. The summed E-state index contributed by atoms with van der Waals surface area (Å²) in [5.41, 5.74) is -0.556. The highest BCUT2D eigenvalue weighted by Gasteiger charge is 2.43. The average molecular weight is 303 g/mol. The first-order chi connectivity index (χ1) is 10.5. The average Bonchev–Trinajstić information content (AvgIpc) is 2.55. The Bertz CT molecular complexity index is 409. The lowest BCUT2D eigenvalue weighted by molar-refractivity contribution is -0.134. The molecule has 2 unspecified atom stereocenters. The van der Waals surface area contributed by atoms with Gasteiger partial charge >= 0.3 is 0 Å². The molecule has 2 nitrogen and oxygen atoms in total. The van der Waals surface area contributed by atoms with Gasteiger partial charge in [0.05, 0.1) is 0 Å².